The van der Waals surface area contributed by atoms with Crippen LogP contribution >= 0.6 is 0 Å². The Morgan fingerprint density at radius 3 is 2.56 bits per heavy atom. The van der Waals surface area contributed by atoms with Gasteiger partial charge in [0, 0.05) is 5.56 Å². The molecule has 2 aromatic carbocycles. The van der Waals surface area contributed by atoms with Gasteiger partial charge in [-0.1, -0.05) is 62.4 Å². The van der Waals surface area contributed by atoms with E-state index in [-0.39, 0.29) is 5.84 Å². The highest BCUT2D eigenvalue weighted by atomic mass is 14.7. The first-order chi connectivity index (χ1) is 8.59. The molecule has 0 spiro atoms. The van der Waals surface area contributed by atoms with E-state index in [4.69, 9.17) is 11.1 Å². The van der Waals surface area contributed by atoms with Crippen LogP contribution < -0.4 is 5.73 Å². The van der Waals surface area contributed by atoms with Crippen LogP contribution in [-0.2, 0) is 0 Å². The van der Waals surface area contributed by atoms with Crippen molar-refractivity contribution in [2.75, 3.05) is 0 Å². The first-order valence-electron chi connectivity index (χ1n) is 6.14. The van der Waals surface area contributed by atoms with E-state index in [0.717, 1.165) is 16.5 Å². The Morgan fingerprint density at radius 1 is 1.17 bits per heavy atom. The molecule has 0 aliphatic rings. The number of amidine groups is 1. The lowest BCUT2D eigenvalue weighted by Gasteiger charge is -2.09. The van der Waals surface area contributed by atoms with E-state index in [1.807, 2.05) is 24.3 Å². The van der Waals surface area contributed by atoms with E-state index >= 15 is 0 Å². The van der Waals surface area contributed by atoms with Gasteiger partial charge in [-0.25, -0.2) is 0 Å². The summed E-state index contributed by atoms with van der Waals surface area (Å²) in [6.07, 6.45) is 4.21. The molecule has 3 N–H and O–H groups in total. The third-order valence-corrected chi connectivity index (χ3v) is 2.91. The molecule has 0 unspecified atom stereocenters. The first-order valence-corrected chi connectivity index (χ1v) is 6.14. The summed E-state index contributed by atoms with van der Waals surface area (Å²) in [7, 11) is 0. The summed E-state index contributed by atoms with van der Waals surface area (Å²) in [6, 6.07) is 12.1. The van der Waals surface area contributed by atoms with Crippen LogP contribution in [0.2, 0.25) is 0 Å². The Kier molecular flexibility index (Phi) is 3.47. The predicted octanol–water partition coefficient (Wildman–Crippen LogP) is 3.79. The van der Waals surface area contributed by atoms with E-state index in [1.165, 1.54) is 5.39 Å². The van der Waals surface area contributed by atoms with Gasteiger partial charge in [-0.2, -0.15) is 0 Å². The molecule has 0 atom stereocenters. The van der Waals surface area contributed by atoms with Crippen LogP contribution in [0, 0.1) is 11.3 Å². The van der Waals surface area contributed by atoms with E-state index in [9.17, 15) is 0 Å². The largest absolute Gasteiger partial charge is 0.384 e. The lowest BCUT2D eigenvalue weighted by atomic mass is 9.97. The van der Waals surface area contributed by atoms with Crippen LogP contribution in [-0.4, -0.2) is 5.84 Å². The summed E-state index contributed by atoms with van der Waals surface area (Å²) in [5, 5.41) is 9.99. The minimum atomic E-state index is 0.115. The molecule has 0 saturated carbocycles. The molecule has 92 valence electrons. The SMILES string of the molecule is CC(C)/C=C/c1c(C(=N)N)ccc2ccccc12. The van der Waals surface area contributed by atoms with Crippen molar-refractivity contribution in [1.29, 1.82) is 5.41 Å². The average molecular weight is 238 g/mol. The van der Waals surface area contributed by atoms with Gasteiger partial charge >= 0.3 is 0 Å². The van der Waals surface area contributed by atoms with Crippen LogP contribution in [0.25, 0.3) is 16.8 Å². The number of allylic oxidation sites excluding steroid dienone is 1. The number of nitrogen functional groups attached to an aromatic ring is 1. The van der Waals surface area contributed by atoms with Crippen molar-refractivity contribution in [3.63, 3.8) is 0 Å². The fraction of sp³-hybridized carbons (Fsp3) is 0.188. The van der Waals surface area contributed by atoms with Gasteiger partial charge in [0.2, 0.25) is 0 Å². The first kappa shape index (κ1) is 12.4. The molecule has 2 aromatic rings. The molecule has 2 rings (SSSR count). The number of hydrogen-bond donors (Lipinski definition) is 2. The number of nitrogens with one attached hydrogen (secondary N) is 1. The quantitative estimate of drug-likeness (QED) is 0.620. The van der Waals surface area contributed by atoms with E-state index in [1.54, 1.807) is 0 Å². The van der Waals surface area contributed by atoms with Gasteiger partial charge in [0.1, 0.15) is 5.84 Å². The van der Waals surface area contributed by atoms with Gasteiger partial charge in [-0.05, 0) is 22.3 Å². The second kappa shape index (κ2) is 5.05. The maximum absolute atomic E-state index is 7.68. The molecule has 0 aliphatic heterocycles. The third-order valence-electron chi connectivity index (χ3n) is 2.91. The molecule has 0 aliphatic carbocycles. The zero-order chi connectivity index (χ0) is 13.1. The van der Waals surface area contributed by atoms with Crippen molar-refractivity contribution in [1.82, 2.24) is 0 Å². The summed E-state index contributed by atoms with van der Waals surface area (Å²) >= 11 is 0. The molecular formula is C16H18N2. The van der Waals surface area contributed by atoms with Gasteiger partial charge in [0.25, 0.3) is 0 Å². The zero-order valence-electron chi connectivity index (χ0n) is 10.8. The average Bonchev–Trinajstić information content (AvgIpc) is 2.35. The van der Waals surface area contributed by atoms with Crippen LogP contribution in [0.15, 0.2) is 42.5 Å². The van der Waals surface area contributed by atoms with Crippen molar-refractivity contribution >= 4 is 22.7 Å². The highest BCUT2D eigenvalue weighted by Crippen LogP contribution is 2.24. The minimum Gasteiger partial charge on any atom is -0.384 e. The van der Waals surface area contributed by atoms with Crippen molar-refractivity contribution in [3.8, 4) is 0 Å². The Morgan fingerprint density at radius 2 is 1.89 bits per heavy atom. The molecule has 0 saturated heterocycles. The van der Waals surface area contributed by atoms with Gasteiger partial charge in [-0.15, -0.1) is 0 Å². The highest BCUT2D eigenvalue weighted by molar-refractivity contribution is 6.05. The summed E-state index contributed by atoms with van der Waals surface area (Å²) in [5.74, 6) is 0.591. The van der Waals surface area contributed by atoms with Crippen molar-refractivity contribution in [3.05, 3.63) is 53.6 Å². The fourth-order valence-electron chi connectivity index (χ4n) is 2.00. The molecule has 0 aromatic heterocycles. The van der Waals surface area contributed by atoms with Crippen LogP contribution in [0.3, 0.4) is 0 Å². The van der Waals surface area contributed by atoms with Crippen LogP contribution in [0.1, 0.15) is 25.0 Å². The predicted molar refractivity (Wildman–Crippen MR) is 78.8 cm³/mol. The van der Waals surface area contributed by atoms with Crippen molar-refractivity contribution < 1.29 is 0 Å². The lowest BCUT2D eigenvalue weighted by molar-refractivity contribution is 0.836. The fourth-order valence-corrected chi connectivity index (χ4v) is 2.00. The maximum atomic E-state index is 7.68. The van der Waals surface area contributed by atoms with Gasteiger partial charge in [0.15, 0.2) is 0 Å². The molecule has 2 nitrogen and oxygen atoms in total. The smallest absolute Gasteiger partial charge is 0.123 e. The second-order valence-corrected chi connectivity index (χ2v) is 4.76. The Labute approximate surface area is 108 Å². The summed E-state index contributed by atoms with van der Waals surface area (Å²) in [4.78, 5) is 0. The van der Waals surface area contributed by atoms with E-state index in [0.29, 0.717) is 5.92 Å². The van der Waals surface area contributed by atoms with E-state index < -0.39 is 0 Å². The van der Waals surface area contributed by atoms with Gasteiger partial charge in [0.05, 0.1) is 0 Å². The number of rotatable bonds is 3. The number of fused-ring (bicyclic) bond motifs is 1. The number of benzene rings is 2. The van der Waals surface area contributed by atoms with Crippen LogP contribution in [0.5, 0.6) is 0 Å². The minimum absolute atomic E-state index is 0.115. The molecule has 18 heavy (non-hydrogen) atoms. The second-order valence-electron chi connectivity index (χ2n) is 4.76. The maximum Gasteiger partial charge on any atom is 0.123 e. The monoisotopic (exact) mass is 238 g/mol. The standard InChI is InChI=1S/C16H18N2/c1-11(2)7-9-14-13-6-4-3-5-12(13)8-10-15(14)16(17)18/h3-11H,1-2H3,(H3,17,18)/b9-7+. The van der Waals surface area contributed by atoms with Gasteiger partial charge < -0.3 is 5.73 Å². The molecule has 0 fully saturated rings. The number of nitrogens with two attached hydrogens (primary N) is 1. The molecule has 2 heteroatoms. The Bertz CT molecular complexity index is 610. The highest BCUT2D eigenvalue weighted by Gasteiger charge is 2.07. The topological polar surface area (TPSA) is 49.9 Å². The van der Waals surface area contributed by atoms with Crippen LogP contribution in [0.4, 0.5) is 0 Å². The molecule has 0 bridgehead atoms. The third kappa shape index (κ3) is 2.43. The zero-order valence-corrected chi connectivity index (χ0v) is 10.8. The number of hydrogen-bond acceptors (Lipinski definition) is 1. The van der Waals surface area contributed by atoms with E-state index in [2.05, 4.69) is 38.1 Å². The van der Waals surface area contributed by atoms with Crippen molar-refractivity contribution in [2.24, 2.45) is 11.7 Å². The molecular weight excluding hydrogens is 220 g/mol. The molecule has 0 heterocycles. The van der Waals surface area contributed by atoms with Crippen molar-refractivity contribution in [2.45, 2.75) is 13.8 Å². The summed E-state index contributed by atoms with van der Waals surface area (Å²) in [6.45, 7) is 4.27. The Hall–Kier alpha value is -2.09. The Balaban J connectivity index is 2.70. The van der Waals surface area contributed by atoms with Gasteiger partial charge in [-0.3, -0.25) is 5.41 Å². The summed E-state index contributed by atoms with van der Waals surface area (Å²) < 4.78 is 0. The summed E-state index contributed by atoms with van der Waals surface area (Å²) in [5.41, 5.74) is 7.49. The molecule has 0 radical (unpaired) electrons. The lowest BCUT2D eigenvalue weighted by Crippen LogP contribution is -2.12. The normalized spacial score (nSPS) is 11.5. The molecule has 0 amide bonds.